The number of ether oxygens (including phenoxy) is 2. The molecule has 0 unspecified atom stereocenters. The monoisotopic (exact) mass is 222 g/mol. The van der Waals surface area contributed by atoms with Crippen molar-refractivity contribution < 1.29 is 9.47 Å². The van der Waals surface area contributed by atoms with Crippen molar-refractivity contribution >= 4 is 0 Å². The molecule has 0 aliphatic rings. The molecule has 1 aromatic carbocycles. The first-order chi connectivity index (χ1) is 7.54. The average molecular weight is 222 g/mol. The lowest BCUT2D eigenvalue weighted by Gasteiger charge is -2.17. The van der Waals surface area contributed by atoms with Crippen LogP contribution in [0, 0.1) is 0 Å². The van der Waals surface area contributed by atoms with E-state index in [1.54, 1.807) is 0 Å². The number of rotatable bonds is 5. The van der Waals surface area contributed by atoms with Gasteiger partial charge in [-0.25, -0.2) is 0 Å². The van der Waals surface area contributed by atoms with Crippen molar-refractivity contribution in [1.82, 2.24) is 0 Å². The third kappa shape index (κ3) is 3.44. The molecule has 1 aromatic rings. The van der Waals surface area contributed by atoms with E-state index >= 15 is 0 Å². The Bertz CT molecular complexity index is 330. The van der Waals surface area contributed by atoms with E-state index in [1.165, 1.54) is 5.56 Å². The van der Waals surface area contributed by atoms with E-state index in [4.69, 9.17) is 9.47 Å². The smallest absolute Gasteiger partial charge is 0.126 e. The van der Waals surface area contributed by atoms with Crippen LogP contribution in [0.25, 0.3) is 0 Å². The molecule has 0 N–H and O–H groups in total. The van der Waals surface area contributed by atoms with Crippen LogP contribution in [0.1, 0.15) is 46.1 Å². The fraction of sp³-hybridized carbons (Fsp3) is 0.571. The lowest BCUT2D eigenvalue weighted by atomic mass is 10.0. The van der Waals surface area contributed by atoms with Crippen LogP contribution >= 0.6 is 0 Å². The summed E-state index contributed by atoms with van der Waals surface area (Å²) in [7, 11) is 0. The molecule has 0 saturated carbocycles. The van der Waals surface area contributed by atoms with Crippen molar-refractivity contribution in [3.05, 3.63) is 23.8 Å². The molecule has 0 heterocycles. The van der Waals surface area contributed by atoms with Gasteiger partial charge in [-0.3, -0.25) is 0 Å². The maximum absolute atomic E-state index is 5.81. The van der Waals surface area contributed by atoms with E-state index in [-0.39, 0.29) is 6.10 Å². The largest absolute Gasteiger partial charge is 0.494 e. The first kappa shape index (κ1) is 12.9. The summed E-state index contributed by atoms with van der Waals surface area (Å²) in [6.07, 6.45) is 0.189. The van der Waals surface area contributed by atoms with Gasteiger partial charge in [-0.1, -0.05) is 19.9 Å². The molecular formula is C14H22O2. The van der Waals surface area contributed by atoms with Crippen LogP contribution in [-0.2, 0) is 0 Å². The lowest BCUT2D eigenvalue weighted by Crippen LogP contribution is -2.08. The third-order valence-electron chi connectivity index (χ3n) is 2.28. The first-order valence-corrected chi connectivity index (χ1v) is 5.98. The van der Waals surface area contributed by atoms with Crippen LogP contribution < -0.4 is 9.47 Å². The first-order valence-electron chi connectivity index (χ1n) is 5.98. The van der Waals surface area contributed by atoms with Gasteiger partial charge in [0.2, 0.25) is 0 Å². The molecule has 16 heavy (non-hydrogen) atoms. The van der Waals surface area contributed by atoms with E-state index < -0.39 is 0 Å². The van der Waals surface area contributed by atoms with Gasteiger partial charge >= 0.3 is 0 Å². The van der Waals surface area contributed by atoms with Gasteiger partial charge in [0.15, 0.2) is 0 Å². The Morgan fingerprint density at radius 2 is 1.81 bits per heavy atom. The summed E-state index contributed by atoms with van der Waals surface area (Å²) < 4.78 is 11.3. The van der Waals surface area contributed by atoms with Crippen molar-refractivity contribution in [2.24, 2.45) is 0 Å². The van der Waals surface area contributed by atoms with Crippen molar-refractivity contribution in [2.45, 2.75) is 46.6 Å². The summed E-state index contributed by atoms with van der Waals surface area (Å²) >= 11 is 0. The van der Waals surface area contributed by atoms with E-state index in [9.17, 15) is 0 Å². The predicted molar refractivity (Wildman–Crippen MR) is 67.5 cm³/mol. The standard InChI is InChI=1S/C14H22O2/c1-6-15-12-7-8-13(10(2)3)14(9-12)16-11(4)5/h7-11H,6H2,1-5H3. The molecule has 0 spiro atoms. The highest BCUT2D eigenvalue weighted by Gasteiger charge is 2.10. The zero-order valence-corrected chi connectivity index (χ0v) is 10.9. The Morgan fingerprint density at radius 3 is 2.31 bits per heavy atom. The van der Waals surface area contributed by atoms with Crippen molar-refractivity contribution in [3.63, 3.8) is 0 Å². The Kier molecular flexibility index (Phi) is 4.66. The highest BCUT2D eigenvalue weighted by molar-refractivity contribution is 5.42. The molecule has 0 atom stereocenters. The average Bonchev–Trinajstić information content (AvgIpc) is 2.16. The van der Waals surface area contributed by atoms with Gasteiger partial charge in [0.05, 0.1) is 12.7 Å². The van der Waals surface area contributed by atoms with Crippen molar-refractivity contribution in [3.8, 4) is 11.5 Å². The summed E-state index contributed by atoms with van der Waals surface area (Å²) in [6.45, 7) is 11.1. The van der Waals surface area contributed by atoms with Gasteiger partial charge in [-0.05, 0) is 38.3 Å². The zero-order chi connectivity index (χ0) is 12.1. The van der Waals surface area contributed by atoms with Crippen LogP contribution in [0.3, 0.4) is 0 Å². The van der Waals surface area contributed by atoms with Gasteiger partial charge in [-0.2, -0.15) is 0 Å². The minimum absolute atomic E-state index is 0.189. The van der Waals surface area contributed by atoms with E-state index in [2.05, 4.69) is 19.9 Å². The Labute approximate surface area is 98.6 Å². The normalized spacial score (nSPS) is 10.9. The topological polar surface area (TPSA) is 18.5 Å². The molecule has 2 nitrogen and oxygen atoms in total. The van der Waals surface area contributed by atoms with Gasteiger partial charge in [0, 0.05) is 6.07 Å². The van der Waals surface area contributed by atoms with Crippen LogP contribution in [-0.4, -0.2) is 12.7 Å². The van der Waals surface area contributed by atoms with E-state index in [0.29, 0.717) is 12.5 Å². The molecule has 0 radical (unpaired) electrons. The fourth-order valence-corrected chi connectivity index (χ4v) is 1.60. The minimum Gasteiger partial charge on any atom is -0.494 e. The van der Waals surface area contributed by atoms with E-state index in [1.807, 2.05) is 32.9 Å². The number of hydrogen-bond acceptors (Lipinski definition) is 2. The Balaban J connectivity index is 3.00. The van der Waals surface area contributed by atoms with Crippen LogP contribution in [0.15, 0.2) is 18.2 Å². The third-order valence-corrected chi connectivity index (χ3v) is 2.28. The van der Waals surface area contributed by atoms with Gasteiger partial charge < -0.3 is 9.47 Å². The molecule has 0 amide bonds. The summed E-state index contributed by atoms with van der Waals surface area (Å²) in [5, 5.41) is 0. The highest BCUT2D eigenvalue weighted by atomic mass is 16.5. The molecule has 1 rings (SSSR count). The summed E-state index contributed by atoms with van der Waals surface area (Å²) in [6, 6.07) is 6.08. The van der Waals surface area contributed by atoms with Crippen molar-refractivity contribution in [2.75, 3.05) is 6.61 Å². The number of benzene rings is 1. The molecular weight excluding hydrogens is 200 g/mol. The molecule has 0 fully saturated rings. The zero-order valence-electron chi connectivity index (χ0n) is 10.9. The SMILES string of the molecule is CCOc1ccc(C(C)C)c(OC(C)C)c1. The Morgan fingerprint density at radius 1 is 1.12 bits per heavy atom. The van der Waals surface area contributed by atoms with Gasteiger partial charge in [0.1, 0.15) is 11.5 Å². The second-order valence-corrected chi connectivity index (χ2v) is 4.45. The minimum atomic E-state index is 0.189. The second kappa shape index (κ2) is 5.78. The van der Waals surface area contributed by atoms with Crippen LogP contribution in [0.5, 0.6) is 11.5 Å². The van der Waals surface area contributed by atoms with Crippen molar-refractivity contribution in [1.29, 1.82) is 0 Å². The van der Waals surface area contributed by atoms with Gasteiger partial charge in [-0.15, -0.1) is 0 Å². The molecule has 90 valence electrons. The summed E-state index contributed by atoms with van der Waals surface area (Å²) in [4.78, 5) is 0. The molecule has 2 heteroatoms. The van der Waals surface area contributed by atoms with Crippen LogP contribution in [0.2, 0.25) is 0 Å². The maximum atomic E-state index is 5.81. The molecule has 0 aliphatic carbocycles. The van der Waals surface area contributed by atoms with Crippen LogP contribution in [0.4, 0.5) is 0 Å². The second-order valence-electron chi connectivity index (χ2n) is 4.45. The fourth-order valence-electron chi connectivity index (χ4n) is 1.60. The molecule has 0 aromatic heterocycles. The number of hydrogen-bond donors (Lipinski definition) is 0. The predicted octanol–water partition coefficient (Wildman–Crippen LogP) is 4.00. The molecule has 0 saturated heterocycles. The Hall–Kier alpha value is -1.18. The summed E-state index contributed by atoms with van der Waals surface area (Å²) in [5.74, 6) is 2.28. The quantitative estimate of drug-likeness (QED) is 0.749. The lowest BCUT2D eigenvalue weighted by molar-refractivity contribution is 0.237. The maximum Gasteiger partial charge on any atom is 0.126 e. The molecule has 0 bridgehead atoms. The van der Waals surface area contributed by atoms with E-state index in [0.717, 1.165) is 11.5 Å². The molecule has 0 aliphatic heterocycles. The van der Waals surface area contributed by atoms with Gasteiger partial charge in [0.25, 0.3) is 0 Å². The summed E-state index contributed by atoms with van der Waals surface area (Å²) in [5.41, 5.74) is 1.23. The highest BCUT2D eigenvalue weighted by Crippen LogP contribution is 2.31.